The smallest absolute Gasteiger partial charge is 0.410 e. The zero-order valence-corrected chi connectivity index (χ0v) is 20.8. The summed E-state index contributed by atoms with van der Waals surface area (Å²) in [6, 6.07) is 0. The van der Waals surface area contributed by atoms with Crippen molar-refractivity contribution in [1.29, 1.82) is 0 Å². The van der Waals surface area contributed by atoms with E-state index in [2.05, 4.69) is 9.88 Å². The van der Waals surface area contributed by atoms with Crippen LogP contribution in [0.2, 0.25) is 0 Å². The second-order valence-corrected chi connectivity index (χ2v) is 12.2. The number of anilines is 1. The van der Waals surface area contributed by atoms with Crippen molar-refractivity contribution in [3.05, 3.63) is 17.5 Å². The third-order valence-electron chi connectivity index (χ3n) is 6.32. The molecule has 10 nitrogen and oxygen atoms in total. The average molecular weight is 482 g/mol. The highest BCUT2D eigenvalue weighted by atomic mass is 32.2. The van der Waals surface area contributed by atoms with E-state index >= 15 is 0 Å². The number of amides is 1. The number of piperidine rings is 1. The van der Waals surface area contributed by atoms with Crippen molar-refractivity contribution >= 4 is 22.1 Å². The van der Waals surface area contributed by atoms with E-state index in [1.54, 1.807) is 11.1 Å². The van der Waals surface area contributed by atoms with Crippen LogP contribution in [0.5, 0.6) is 0 Å². The Bertz CT molecular complexity index is 966. The van der Waals surface area contributed by atoms with Crippen molar-refractivity contribution in [3.63, 3.8) is 0 Å². The summed E-state index contributed by atoms with van der Waals surface area (Å²) in [6.45, 7) is 10.0. The van der Waals surface area contributed by atoms with Crippen LogP contribution in [0.4, 0.5) is 10.7 Å². The number of ether oxygens (including phenoxy) is 2. The lowest BCUT2D eigenvalue weighted by molar-refractivity contribution is -0.0728. The molecule has 0 spiro atoms. The first-order chi connectivity index (χ1) is 15.5. The summed E-state index contributed by atoms with van der Waals surface area (Å²) < 4.78 is 36.5. The molecule has 33 heavy (non-hydrogen) atoms. The second-order valence-electron chi connectivity index (χ2n) is 10.3. The van der Waals surface area contributed by atoms with E-state index in [1.165, 1.54) is 10.6 Å². The first-order valence-corrected chi connectivity index (χ1v) is 13.5. The van der Waals surface area contributed by atoms with Gasteiger partial charge in [0.2, 0.25) is 16.0 Å². The molecule has 0 aromatic carbocycles. The van der Waals surface area contributed by atoms with Crippen LogP contribution in [-0.2, 0) is 32.5 Å². The fraction of sp³-hybridized carbons (Fsp3) is 0.773. The molecule has 1 aromatic heterocycles. The van der Waals surface area contributed by atoms with Crippen molar-refractivity contribution in [3.8, 4) is 0 Å². The number of fused-ring (bicyclic) bond motifs is 1. The summed E-state index contributed by atoms with van der Waals surface area (Å²) in [4.78, 5) is 25.2. The van der Waals surface area contributed by atoms with Gasteiger partial charge in [-0.15, -0.1) is 0 Å². The molecule has 0 aliphatic carbocycles. The largest absolute Gasteiger partial charge is 0.444 e. The van der Waals surface area contributed by atoms with Crippen LogP contribution in [0.3, 0.4) is 0 Å². The Hall–Kier alpha value is -1.98. The first kappa shape index (κ1) is 24.2. The van der Waals surface area contributed by atoms with Crippen molar-refractivity contribution in [2.45, 2.75) is 58.3 Å². The molecule has 0 unspecified atom stereocenters. The quantitative estimate of drug-likeness (QED) is 0.625. The van der Waals surface area contributed by atoms with Gasteiger partial charge in [-0.3, -0.25) is 0 Å². The Balaban J connectivity index is 1.19. The van der Waals surface area contributed by atoms with Gasteiger partial charge in [-0.2, -0.15) is 4.31 Å². The lowest BCUT2D eigenvalue weighted by atomic mass is 9.98. The molecule has 1 aromatic rings. The normalized spacial score (nSPS) is 21.0. The van der Waals surface area contributed by atoms with Crippen molar-refractivity contribution in [1.82, 2.24) is 19.2 Å². The summed E-state index contributed by atoms with van der Waals surface area (Å²) in [6.07, 6.45) is 5.45. The van der Waals surface area contributed by atoms with E-state index < -0.39 is 15.6 Å². The Kier molecular flexibility index (Phi) is 6.84. The third kappa shape index (κ3) is 6.13. The van der Waals surface area contributed by atoms with E-state index in [0.717, 1.165) is 43.1 Å². The summed E-state index contributed by atoms with van der Waals surface area (Å²) >= 11 is 0. The molecular formula is C22H35N5O5S. The van der Waals surface area contributed by atoms with Gasteiger partial charge in [0.25, 0.3) is 0 Å². The number of likely N-dealkylation sites (tertiary alicyclic amines) is 1. The Morgan fingerprint density at radius 2 is 1.88 bits per heavy atom. The molecule has 0 radical (unpaired) electrons. The van der Waals surface area contributed by atoms with Crippen LogP contribution in [0.1, 0.15) is 44.9 Å². The van der Waals surface area contributed by atoms with E-state index in [4.69, 9.17) is 14.5 Å². The number of nitrogens with zero attached hydrogens (tertiary/aromatic N) is 5. The molecule has 3 aliphatic heterocycles. The molecule has 0 N–H and O–H groups in total. The number of rotatable bonds is 5. The zero-order valence-electron chi connectivity index (χ0n) is 20.0. The van der Waals surface area contributed by atoms with Crippen molar-refractivity contribution in [2.24, 2.45) is 5.92 Å². The predicted molar refractivity (Wildman–Crippen MR) is 123 cm³/mol. The molecule has 0 saturated carbocycles. The predicted octanol–water partition coefficient (Wildman–Crippen LogP) is 1.65. The Morgan fingerprint density at radius 1 is 1.18 bits per heavy atom. The van der Waals surface area contributed by atoms with Gasteiger partial charge in [0, 0.05) is 44.4 Å². The molecular weight excluding hydrogens is 446 g/mol. The minimum Gasteiger partial charge on any atom is -0.444 e. The van der Waals surface area contributed by atoms with Gasteiger partial charge < -0.3 is 19.3 Å². The molecule has 184 valence electrons. The summed E-state index contributed by atoms with van der Waals surface area (Å²) in [5.74, 6) is 1.21. The lowest BCUT2D eigenvalue weighted by Crippen LogP contribution is -2.56. The molecule has 2 fully saturated rings. The molecule has 3 aliphatic rings. The second kappa shape index (κ2) is 9.34. The molecule has 0 atom stereocenters. The minimum atomic E-state index is -3.20. The van der Waals surface area contributed by atoms with Crippen LogP contribution in [0.25, 0.3) is 0 Å². The number of hydrogen-bond donors (Lipinski definition) is 0. The van der Waals surface area contributed by atoms with Crippen LogP contribution >= 0.6 is 0 Å². The molecule has 4 heterocycles. The Morgan fingerprint density at radius 3 is 2.52 bits per heavy atom. The lowest BCUT2D eigenvalue weighted by Gasteiger charge is -2.40. The fourth-order valence-electron chi connectivity index (χ4n) is 4.31. The van der Waals surface area contributed by atoms with Crippen LogP contribution < -0.4 is 4.90 Å². The van der Waals surface area contributed by atoms with E-state index in [9.17, 15) is 13.2 Å². The third-order valence-corrected chi connectivity index (χ3v) is 7.57. The average Bonchev–Trinajstić information content (AvgIpc) is 2.70. The molecule has 2 saturated heterocycles. The van der Waals surface area contributed by atoms with Crippen molar-refractivity contribution in [2.75, 3.05) is 50.5 Å². The van der Waals surface area contributed by atoms with Crippen molar-refractivity contribution < 1.29 is 22.7 Å². The van der Waals surface area contributed by atoms with E-state index in [1.807, 2.05) is 20.8 Å². The SMILES string of the molecule is CC(C)(C)OC(=O)N1CC(OCC2CCN(c3ncc4c(n3)CCN(S(C)(=O)=O)C4)CC2)C1. The van der Waals surface area contributed by atoms with E-state index in [0.29, 0.717) is 45.1 Å². The van der Waals surface area contributed by atoms with Gasteiger partial charge in [0.1, 0.15) is 5.60 Å². The maximum atomic E-state index is 12.0. The summed E-state index contributed by atoms with van der Waals surface area (Å²) in [5, 5.41) is 0. The monoisotopic (exact) mass is 481 g/mol. The van der Waals surface area contributed by atoms with Crippen LogP contribution in [-0.4, -0.2) is 91.0 Å². The number of carbonyl (C=O) groups excluding carboxylic acids is 1. The number of aromatic nitrogens is 2. The maximum Gasteiger partial charge on any atom is 0.410 e. The standard InChI is InChI=1S/C22H35N5O5S/c1-22(2,3)32-21(28)26-13-18(14-26)31-15-16-5-8-25(9-6-16)20-23-11-17-12-27(33(4,29)30)10-7-19(17)24-20/h11,16,18H,5-10,12-15H2,1-4H3. The van der Waals surface area contributed by atoms with Gasteiger partial charge in [-0.1, -0.05) is 0 Å². The molecule has 11 heteroatoms. The minimum absolute atomic E-state index is 0.0889. The summed E-state index contributed by atoms with van der Waals surface area (Å²) in [5.41, 5.74) is 1.36. The highest BCUT2D eigenvalue weighted by Gasteiger charge is 2.35. The van der Waals surface area contributed by atoms with Gasteiger partial charge in [-0.05, 0) is 39.5 Å². The van der Waals surface area contributed by atoms with E-state index in [-0.39, 0.29) is 12.2 Å². The first-order valence-electron chi connectivity index (χ1n) is 11.6. The maximum absolute atomic E-state index is 12.0. The molecule has 4 rings (SSSR count). The van der Waals surface area contributed by atoms with Gasteiger partial charge >= 0.3 is 6.09 Å². The Labute approximate surface area is 196 Å². The number of sulfonamides is 1. The van der Waals surface area contributed by atoms with Gasteiger partial charge in [0.05, 0.1) is 37.8 Å². The molecule has 0 bridgehead atoms. The van der Waals surface area contributed by atoms with Gasteiger partial charge in [0.15, 0.2) is 0 Å². The number of hydrogen-bond acceptors (Lipinski definition) is 8. The van der Waals surface area contributed by atoms with Gasteiger partial charge in [-0.25, -0.2) is 23.2 Å². The number of carbonyl (C=O) groups is 1. The molecule has 1 amide bonds. The highest BCUT2D eigenvalue weighted by Crippen LogP contribution is 2.25. The summed E-state index contributed by atoms with van der Waals surface area (Å²) in [7, 11) is -3.20. The van der Waals surface area contributed by atoms with Crippen LogP contribution in [0.15, 0.2) is 6.20 Å². The fourth-order valence-corrected chi connectivity index (χ4v) is 5.10. The zero-order chi connectivity index (χ0) is 23.8. The van der Waals surface area contributed by atoms with Crippen LogP contribution in [0, 0.1) is 5.92 Å². The highest BCUT2D eigenvalue weighted by molar-refractivity contribution is 7.88. The topological polar surface area (TPSA) is 105 Å².